The second-order valence-electron chi connectivity index (χ2n) is 4.12. The molecule has 0 aliphatic heterocycles. The fourth-order valence-electron chi connectivity index (χ4n) is 1.72. The van der Waals surface area contributed by atoms with Crippen molar-refractivity contribution in [2.24, 2.45) is 10.9 Å². The summed E-state index contributed by atoms with van der Waals surface area (Å²) in [4.78, 5) is 0. The molecule has 1 aromatic carbocycles. The van der Waals surface area contributed by atoms with E-state index < -0.39 is 10.8 Å². The fraction of sp³-hybridized carbons (Fsp3) is 0.462. The van der Waals surface area contributed by atoms with Gasteiger partial charge in [-0.2, -0.15) is 0 Å². The zero-order chi connectivity index (χ0) is 14.1. The predicted octanol–water partition coefficient (Wildman–Crippen LogP) is 0.875. The van der Waals surface area contributed by atoms with Gasteiger partial charge in [0.15, 0.2) is 0 Å². The number of nitrogens with one attached hydrogen (secondary N) is 1. The van der Waals surface area contributed by atoms with E-state index in [0.717, 1.165) is 5.56 Å². The molecule has 2 atom stereocenters. The molecule has 0 bridgehead atoms. The average molecular weight is 283 g/mol. The van der Waals surface area contributed by atoms with Crippen LogP contribution in [0.25, 0.3) is 0 Å². The minimum Gasteiger partial charge on any atom is -0.409 e. The number of nitrogens with two attached hydrogens (primary N) is 1. The fourth-order valence-corrected chi connectivity index (χ4v) is 2.39. The van der Waals surface area contributed by atoms with Gasteiger partial charge in [0.05, 0.1) is 5.92 Å². The Morgan fingerprint density at radius 2 is 2.16 bits per heavy atom. The monoisotopic (exact) mass is 283 g/mol. The standard InChI is InChI=1S/C13H21N3O2S/c1-2-19(18)9-8-15-10-12(13(14)16-17)11-6-4-3-5-7-11/h3-7,12,15,17H,2,8-10H2,1H3,(H2,14,16). The Morgan fingerprint density at radius 1 is 1.47 bits per heavy atom. The number of rotatable bonds is 8. The van der Waals surface area contributed by atoms with Gasteiger partial charge in [-0.3, -0.25) is 4.21 Å². The van der Waals surface area contributed by atoms with Crippen LogP contribution in [-0.2, 0) is 10.8 Å². The van der Waals surface area contributed by atoms with Gasteiger partial charge >= 0.3 is 0 Å². The van der Waals surface area contributed by atoms with Crippen LogP contribution >= 0.6 is 0 Å². The van der Waals surface area contributed by atoms with Gasteiger partial charge in [-0.25, -0.2) is 0 Å². The Balaban J connectivity index is 2.55. The van der Waals surface area contributed by atoms with E-state index in [-0.39, 0.29) is 11.8 Å². The van der Waals surface area contributed by atoms with Crippen molar-refractivity contribution in [2.75, 3.05) is 24.6 Å². The molecule has 5 nitrogen and oxygen atoms in total. The molecule has 1 rings (SSSR count). The normalized spacial score (nSPS) is 15.1. The predicted molar refractivity (Wildman–Crippen MR) is 79.0 cm³/mol. The van der Waals surface area contributed by atoms with Crippen LogP contribution < -0.4 is 11.1 Å². The highest BCUT2D eigenvalue weighted by Gasteiger charge is 2.15. The molecule has 0 aromatic heterocycles. The second-order valence-corrected chi connectivity index (χ2v) is 5.99. The van der Waals surface area contributed by atoms with Gasteiger partial charge in [-0.05, 0) is 5.56 Å². The Labute approximate surface area is 116 Å². The molecule has 0 heterocycles. The molecule has 0 saturated carbocycles. The molecule has 2 unspecified atom stereocenters. The van der Waals surface area contributed by atoms with Crippen LogP contribution in [0.3, 0.4) is 0 Å². The molecular weight excluding hydrogens is 262 g/mol. The molecule has 0 spiro atoms. The van der Waals surface area contributed by atoms with Gasteiger partial charge in [-0.1, -0.05) is 42.4 Å². The van der Waals surface area contributed by atoms with Gasteiger partial charge in [0.1, 0.15) is 5.84 Å². The Kier molecular flexibility index (Phi) is 7.14. The van der Waals surface area contributed by atoms with Crippen molar-refractivity contribution in [1.82, 2.24) is 5.32 Å². The van der Waals surface area contributed by atoms with E-state index in [1.54, 1.807) is 0 Å². The van der Waals surface area contributed by atoms with Crippen molar-refractivity contribution in [2.45, 2.75) is 12.8 Å². The summed E-state index contributed by atoms with van der Waals surface area (Å²) in [7, 11) is -0.772. The van der Waals surface area contributed by atoms with Gasteiger partial charge in [-0.15, -0.1) is 0 Å². The van der Waals surface area contributed by atoms with Gasteiger partial charge in [0.25, 0.3) is 0 Å². The highest BCUT2D eigenvalue weighted by Crippen LogP contribution is 2.14. The summed E-state index contributed by atoms with van der Waals surface area (Å²) in [5.74, 6) is 1.29. The molecule has 0 aliphatic carbocycles. The van der Waals surface area contributed by atoms with Crippen LogP contribution in [0.1, 0.15) is 18.4 Å². The van der Waals surface area contributed by atoms with E-state index in [2.05, 4.69) is 10.5 Å². The number of nitrogens with zero attached hydrogens (tertiary/aromatic N) is 1. The lowest BCUT2D eigenvalue weighted by molar-refractivity contribution is 0.315. The second kappa shape index (κ2) is 8.66. The summed E-state index contributed by atoms with van der Waals surface area (Å²) in [6, 6.07) is 9.63. The third kappa shape index (κ3) is 5.40. The van der Waals surface area contributed by atoms with Crippen molar-refractivity contribution < 1.29 is 9.42 Å². The summed E-state index contributed by atoms with van der Waals surface area (Å²) < 4.78 is 11.3. The number of benzene rings is 1. The topological polar surface area (TPSA) is 87.7 Å². The third-order valence-electron chi connectivity index (χ3n) is 2.85. The molecular formula is C13H21N3O2S. The molecule has 0 radical (unpaired) electrons. The summed E-state index contributed by atoms with van der Waals surface area (Å²) in [6.07, 6.45) is 0. The molecule has 1 aromatic rings. The van der Waals surface area contributed by atoms with Crippen molar-refractivity contribution in [3.05, 3.63) is 35.9 Å². The first-order chi connectivity index (χ1) is 9.19. The van der Waals surface area contributed by atoms with E-state index in [4.69, 9.17) is 10.9 Å². The van der Waals surface area contributed by atoms with Gasteiger partial charge in [0, 0.05) is 35.4 Å². The Bertz CT molecular complexity index is 423. The number of amidine groups is 1. The van der Waals surface area contributed by atoms with Crippen molar-refractivity contribution in [3.8, 4) is 0 Å². The lowest BCUT2D eigenvalue weighted by atomic mass is 9.98. The Morgan fingerprint density at radius 3 is 2.74 bits per heavy atom. The molecule has 0 saturated heterocycles. The maximum absolute atomic E-state index is 11.3. The first kappa shape index (κ1) is 15.7. The SMILES string of the molecule is CCS(=O)CCNCC(/C(N)=N/O)c1ccccc1. The van der Waals surface area contributed by atoms with E-state index in [9.17, 15) is 4.21 Å². The zero-order valence-electron chi connectivity index (χ0n) is 11.1. The molecule has 6 heteroatoms. The summed E-state index contributed by atoms with van der Waals surface area (Å²) in [6.45, 7) is 3.11. The summed E-state index contributed by atoms with van der Waals surface area (Å²) >= 11 is 0. The number of oxime groups is 1. The van der Waals surface area contributed by atoms with Gasteiger partial charge < -0.3 is 16.3 Å². The summed E-state index contributed by atoms with van der Waals surface area (Å²) in [5, 5.41) is 15.1. The molecule has 0 aliphatic rings. The maximum Gasteiger partial charge on any atom is 0.147 e. The minimum atomic E-state index is -0.772. The lowest BCUT2D eigenvalue weighted by Crippen LogP contribution is -2.33. The van der Waals surface area contributed by atoms with Gasteiger partial charge in [0.2, 0.25) is 0 Å². The first-order valence-corrected chi connectivity index (χ1v) is 7.75. The van der Waals surface area contributed by atoms with E-state index >= 15 is 0 Å². The molecule has 19 heavy (non-hydrogen) atoms. The van der Waals surface area contributed by atoms with Crippen LogP contribution in [0.5, 0.6) is 0 Å². The van der Waals surface area contributed by atoms with Crippen LogP contribution in [0, 0.1) is 0 Å². The molecule has 0 fully saturated rings. The Hall–Kier alpha value is -1.40. The lowest BCUT2D eigenvalue weighted by Gasteiger charge is -2.16. The van der Waals surface area contributed by atoms with Crippen LogP contribution in [0.15, 0.2) is 35.5 Å². The highest BCUT2D eigenvalue weighted by molar-refractivity contribution is 7.84. The number of hydrogen-bond donors (Lipinski definition) is 3. The molecule has 106 valence electrons. The van der Waals surface area contributed by atoms with Crippen molar-refractivity contribution in [1.29, 1.82) is 0 Å². The number of hydrogen-bond acceptors (Lipinski definition) is 4. The smallest absolute Gasteiger partial charge is 0.147 e. The van der Waals surface area contributed by atoms with Crippen LogP contribution in [0.2, 0.25) is 0 Å². The van der Waals surface area contributed by atoms with Crippen LogP contribution in [0.4, 0.5) is 0 Å². The van der Waals surface area contributed by atoms with Crippen molar-refractivity contribution in [3.63, 3.8) is 0 Å². The quantitative estimate of drug-likeness (QED) is 0.217. The minimum absolute atomic E-state index is 0.176. The average Bonchev–Trinajstić information content (AvgIpc) is 2.47. The van der Waals surface area contributed by atoms with E-state index in [0.29, 0.717) is 24.6 Å². The van der Waals surface area contributed by atoms with Crippen molar-refractivity contribution >= 4 is 16.6 Å². The molecule has 4 N–H and O–H groups in total. The zero-order valence-corrected chi connectivity index (χ0v) is 11.9. The van der Waals surface area contributed by atoms with E-state index in [1.807, 2.05) is 37.3 Å². The first-order valence-electron chi connectivity index (χ1n) is 6.27. The van der Waals surface area contributed by atoms with E-state index in [1.165, 1.54) is 0 Å². The summed E-state index contributed by atoms with van der Waals surface area (Å²) in [5.41, 5.74) is 6.71. The largest absolute Gasteiger partial charge is 0.409 e. The molecule has 0 amide bonds. The maximum atomic E-state index is 11.3. The highest BCUT2D eigenvalue weighted by atomic mass is 32.2. The third-order valence-corrected chi connectivity index (χ3v) is 4.15. The van der Waals surface area contributed by atoms with Crippen LogP contribution in [-0.4, -0.2) is 39.8 Å².